The Balaban J connectivity index is 1.80. The molecule has 1 aromatic rings. The second-order valence-corrected chi connectivity index (χ2v) is 5.94. The number of hydrogen-bond acceptors (Lipinski definition) is 2. The average molecular weight is 258 g/mol. The van der Waals surface area contributed by atoms with Crippen molar-refractivity contribution >= 4 is 5.91 Å². The van der Waals surface area contributed by atoms with Crippen molar-refractivity contribution in [2.75, 3.05) is 26.7 Å². The van der Waals surface area contributed by atoms with Gasteiger partial charge in [-0.25, -0.2) is 0 Å². The first-order chi connectivity index (χ1) is 9.15. The van der Waals surface area contributed by atoms with E-state index in [1.165, 1.54) is 11.1 Å². The third kappa shape index (κ3) is 2.39. The van der Waals surface area contributed by atoms with Crippen LogP contribution in [0.3, 0.4) is 0 Å². The number of benzene rings is 1. The van der Waals surface area contributed by atoms with E-state index in [4.69, 9.17) is 0 Å². The topological polar surface area (TPSA) is 23.6 Å². The number of rotatable bonds is 1. The third-order valence-corrected chi connectivity index (χ3v) is 4.50. The van der Waals surface area contributed by atoms with Crippen molar-refractivity contribution in [3.05, 3.63) is 34.9 Å². The quantitative estimate of drug-likeness (QED) is 0.770. The zero-order valence-electron chi connectivity index (χ0n) is 11.9. The Morgan fingerprint density at radius 3 is 2.63 bits per heavy atom. The molecule has 3 rings (SSSR count). The van der Waals surface area contributed by atoms with Crippen molar-refractivity contribution < 1.29 is 4.79 Å². The predicted octanol–water partition coefficient (Wildman–Crippen LogP) is 2.09. The number of carbonyl (C=O) groups excluding carboxylic acids is 1. The first-order valence-corrected chi connectivity index (χ1v) is 7.24. The van der Waals surface area contributed by atoms with E-state index in [1.54, 1.807) is 0 Å². The lowest BCUT2D eigenvalue weighted by Crippen LogP contribution is -2.49. The summed E-state index contributed by atoms with van der Waals surface area (Å²) in [7, 11) is 2.16. The largest absolute Gasteiger partial charge is 0.335 e. The van der Waals surface area contributed by atoms with Gasteiger partial charge in [-0.1, -0.05) is 17.7 Å². The smallest absolute Gasteiger partial charge is 0.254 e. The maximum Gasteiger partial charge on any atom is 0.254 e. The van der Waals surface area contributed by atoms with E-state index in [-0.39, 0.29) is 5.91 Å². The highest BCUT2D eigenvalue weighted by Gasteiger charge is 2.31. The molecule has 1 fully saturated rings. The summed E-state index contributed by atoms with van der Waals surface area (Å²) >= 11 is 0. The van der Waals surface area contributed by atoms with Crippen LogP contribution < -0.4 is 0 Å². The molecule has 0 atom stereocenters. The van der Waals surface area contributed by atoms with E-state index < -0.39 is 0 Å². The highest BCUT2D eigenvalue weighted by atomic mass is 16.2. The van der Waals surface area contributed by atoms with Gasteiger partial charge in [0.05, 0.1) is 0 Å². The lowest BCUT2D eigenvalue weighted by atomic mass is 9.94. The van der Waals surface area contributed by atoms with E-state index >= 15 is 0 Å². The van der Waals surface area contributed by atoms with Gasteiger partial charge in [-0.15, -0.1) is 0 Å². The summed E-state index contributed by atoms with van der Waals surface area (Å²) in [6, 6.07) is 6.67. The van der Waals surface area contributed by atoms with Crippen LogP contribution in [0.15, 0.2) is 18.2 Å². The number of carbonyl (C=O) groups is 1. The Morgan fingerprint density at radius 2 is 1.89 bits per heavy atom. The fraction of sp³-hybridized carbons (Fsp3) is 0.562. The Morgan fingerprint density at radius 1 is 1.16 bits per heavy atom. The van der Waals surface area contributed by atoms with Crippen molar-refractivity contribution in [1.29, 1.82) is 0 Å². The number of aryl methyl sites for hydroxylation is 1. The molecule has 0 radical (unpaired) electrons. The molecule has 0 N–H and O–H groups in total. The molecule has 3 heteroatoms. The van der Waals surface area contributed by atoms with Crippen molar-refractivity contribution in [2.24, 2.45) is 0 Å². The van der Waals surface area contributed by atoms with Crippen LogP contribution in [0.4, 0.5) is 0 Å². The average Bonchev–Trinajstić information content (AvgIpc) is 2.40. The fourth-order valence-electron chi connectivity index (χ4n) is 3.29. The van der Waals surface area contributed by atoms with Crippen LogP contribution in [0.5, 0.6) is 0 Å². The van der Waals surface area contributed by atoms with Gasteiger partial charge in [-0.05, 0) is 58.0 Å². The van der Waals surface area contributed by atoms with Gasteiger partial charge in [0.25, 0.3) is 5.91 Å². The molecule has 0 aliphatic carbocycles. The highest BCUT2D eigenvalue weighted by Crippen LogP contribution is 2.25. The number of fused-ring (bicyclic) bond motifs is 1. The van der Waals surface area contributed by atoms with Crippen LogP contribution in [0, 0.1) is 6.92 Å². The first-order valence-electron chi connectivity index (χ1n) is 7.24. The summed E-state index contributed by atoms with van der Waals surface area (Å²) in [4.78, 5) is 17.1. The molecule has 2 aliphatic heterocycles. The zero-order chi connectivity index (χ0) is 13.4. The fourth-order valence-corrected chi connectivity index (χ4v) is 3.29. The van der Waals surface area contributed by atoms with Gasteiger partial charge in [-0.2, -0.15) is 0 Å². The third-order valence-electron chi connectivity index (χ3n) is 4.50. The van der Waals surface area contributed by atoms with E-state index in [0.29, 0.717) is 6.04 Å². The van der Waals surface area contributed by atoms with E-state index in [1.807, 2.05) is 6.07 Å². The summed E-state index contributed by atoms with van der Waals surface area (Å²) in [5.41, 5.74) is 3.41. The van der Waals surface area contributed by atoms with Gasteiger partial charge in [0.2, 0.25) is 0 Å². The van der Waals surface area contributed by atoms with Crippen molar-refractivity contribution in [1.82, 2.24) is 9.80 Å². The van der Waals surface area contributed by atoms with Crippen molar-refractivity contribution in [3.8, 4) is 0 Å². The maximum absolute atomic E-state index is 12.6. The van der Waals surface area contributed by atoms with Crippen LogP contribution in [0.25, 0.3) is 0 Å². The molecule has 102 valence electrons. The Labute approximate surface area is 115 Å². The minimum absolute atomic E-state index is 0.246. The van der Waals surface area contributed by atoms with Gasteiger partial charge in [0, 0.05) is 18.2 Å². The van der Waals surface area contributed by atoms with E-state index in [2.05, 4.69) is 35.9 Å². The SMILES string of the molecule is Cc1ccc2c(c1)CCN(C1CCN(C)CC1)C2=O. The van der Waals surface area contributed by atoms with Crippen LogP contribution in [-0.4, -0.2) is 48.4 Å². The lowest BCUT2D eigenvalue weighted by Gasteiger charge is -2.39. The number of amides is 1. The molecular weight excluding hydrogens is 236 g/mol. The standard InChI is InChI=1S/C16H22N2O/c1-12-3-4-15-13(11-12)5-10-18(16(15)19)14-6-8-17(2)9-7-14/h3-4,11,14H,5-10H2,1-2H3. The maximum atomic E-state index is 12.6. The minimum atomic E-state index is 0.246. The molecule has 0 unspecified atom stereocenters. The van der Waals surface area contributed by atoms with Gasteiger partial charge < -0.3 is 9.80 Å². The van der Waals surface area contributed by atoms with Gasteiger partial charge in [-0.3, -0.25) is 4.79 Å². The summed E-state index contributed by atoms with van der Waals surface area (Å²) in [6.45, 7) is 5.20. The van der Waals surface area contributed by atoms with E-state index in [9.17, 15) is 4.79 Å². The second-order valence-electron chi connectivity index (χ2n) is 5.94. The number of nitrogens with zero attached hydrogens (tertiary/aromatic N) is 2. The molecular formula is C16H22N2O. The van der Waals surface area contributed by atoms with Gasteiger partial charge >= 0.3 is 0 Å². The highest BCUT2D eigenvalue weighted by molar-refractivity contribution is 5.97. The van der Waals surface area contributed by atoms with Gasteiger partial charge in [0.1, 0.15) is 0 Å². The van der Waals surface area contributed by atoms with Crippen LogP contribution >= 0.6 is 0 Å². The number of piperidine rings is 1. The molecule has 1 saturated heterocycles. The molecule has 0 spiro atoms. The normalized spacial score (nSPS) is 21.6. The summed E-state index contributed by atoms with van der Waals surface area (Å²) < 4.78 is 0. The van der Waals surface area contributed by atoms with Gasteiger partial charge in [0.15, 0.2) is 0 Å². The zero-order valence-corrected chi connectivity index (χ0v) is 11.9. The van der Waals surface area contributed by atoms with E-state index in [0.717, 1.165) is 44.5 Å². The molecule has 0 aromatic heterocycles. The molecule has 19 heavy (non-hydrogen) atoms. The molecule has 1 aromatic carbocycles. The molecule has 3 nitrogen and oxygen atoms in total. The van der Waals surface area contributed by atoms with Crippen molar-refractivity contribution in [2.45, 2.75) is 32.2 Å². The van der Waals surface area contributed by atoms with Crippen LogP contribution in [0.2, 0.25) is 0 Å². The Hall–Kier alpha value is -1.35. The molecule has 2 aliphatic rings. The summed E-state index contributed by atoms with van der Waals surface area (Å²) in [5, 5.41) is 0. The first kappa shape index (κ1) is 12.7. The lowest BCUT2D eigenvalue weighted by molar-refractivity contribution is 0.0572. The predicted molar refractivity (Wildman–Crippen MR) is 76.4 cm³/mol. The molecule has 1 amide bonds. The molecule has 0 bridgehead atoms. The molecule has 2 heterocycles. The summed E-state index contributed by atoms with van der Waals surface area (Å²) in [5.74, 6) is 0.246. The summed E-state index contributed by atoms with van der Waals surface area (Å²) in [6.07, 6.45) is 3.24. The number of hydrogen-bond donors (Lipinski definition) is 0. The van der Waals surface area contributed by atoms with Crippen molar-refractivity contribution in [3.63, 3.8) is 0 Å². The van der Waals surface area contributed by atoms with Crippen LogP contribution in [0.1, 0.15) is 34.3 Å². The number of likely N-dealkylation sites (tertiary alicyclic amines) is 1. The monoisotopic (exact) mass is 258 g/mol. The minimum Gasteiger partial charge on any atom is -0.335 e. The Bertz CT molecular complexity index is 490. The Kier molecular flexibility index (Phi) is 3.31. The molecule has 0 saturated carbocycles. The van der Waals surface area contributed by atoms with Crippen LogP contribution in [-0.2, 0) is 6.42 Å². The second kappa shape index (κ2) is 4.97.